The number of carbonyl (C=O) groups is 1. The average Bonchev–Trinajstić information content (AvgIpc) is 2.61. The Kier molecular flexibility index (Phi) is 7.31. The van der Waals surface area contributed by atoms with Crippen LogP contribution in [0.1, 0.15) is 31.9 Å². The predicted octanol–water partition coefficient (Wildman–Crippen LogP) is 4.55. The van der Waals surface area contributed by atoms with Gasteiger partial charge in [-0.05, 0) is 49.2 Å². The van der Waals surface area contributed by atoms with E-state index in [2.05, 4.69) is 5.32 Å². The zero-order chi connectivity index (χ0) is 21.1. The fourth-order valence-electron chi connectivity index (χ4n) is 2.83. The van der Waals surface area contributed by atoms with Gasteiger partial charge in [-0.1, -0.05) is 42.3 Å². The van der Waals surface area contributed by atoms with E-state index in [0.717, 1.165) is 10.6 Å². The highest BCUT2D eigenvalue weighted by molar-refractivity contribution is 7.92. The van der Waals surface area contributed by atoms with Gasteiger partial charge >= 0.3 is 0 Å². The molecule has 0 heterocycles. The lowest BCUT2D eigenvalue weighted by Gasteiger charge is -2.31. The maximum Gasteiger partial charge on any atom is 0.244 e. The molecule has 2 aromatic carbocycles. The minimum atomic E-state index is -3.79. The largest absolute Gasteiger partial charge is 0.348 e. The Morgan fingerprint density at radius 1 is 1.14 bits per heavy atom. The number of hydrogen-bond acceptors (Lipinski definition) is 3. The van der Waals surface area contributed by atoms with Gasteiger partial charge in [0.05, 0.1) is 28.0 Å². The van der Waals surface area contributed by atoms with Gasteiger partial charge in [-0.25, -0.2) is 12.8 Å². The van der Waals surface area contributed by atoms with E-state index in [1.54, 1.807) is 26.0 Å². The number of sulfonamides is 1. The number of nitrogens with zero attached hydrogens (tertiary/aromatic N) is 1. The zero-order valence-electron chi connectivity index (χ0n) is 15.6. The van der Waals surface area contributed by atoms with Crippen molar-refractivity contribution in [2.24, 2.45) is 0 Å². The number of rotatable bonds is 7. The van der Waals surface area contributed by atoms with E-state index >= 15 is 0 Å². The molecule has 1 amide bonds. The molecule has 0 saturated heterocycles. The van der Waals surface area contributed by atoms with Crippen molar-refractivity contribution in [2.75, 3.05) is 10.6 Å². The summed E-state index contributed by atoms with van der Waals surface area (Å²) in [6, 6.07) is 8.68. The second-order valence-corrected chi connectivity index (χ2v) is 9.04. The van der Waals surface area contributed by atoms with E-state index in [-0.39, 0.29) is 28.0 Å². The van der Waals surface area contributed by atoms with Crippen LogP contribution in [0.3, 0.4) is 0 Å². The van der Waals surface area contributed by atoms with Crippen molar-refractivity contribution in [3.8, 4) is 0 Å². The van der Waals surface area contributed by atoms with Crippen molar-refractivity contribution in [3.63, 3.8) is 0 Å². The molecule has 0 saturated carbocycles. The van der Waals surface area contributed by atoms with E-state index in [4.69, 9.17) is 23.2 Å². The van der Waals surface area contributed by atoms with Gasteiger partial charge in [0.1, 0.15) is 11.9 Å². The van der Waals surface area contributed by atoms with Crippen LogP contribution in [0.5, 0.6) is 0 Å². The van der Waals surface area contributed by atoms with Crippen molar-refractivity contribution in [1.29, 1.82) is 0 Å². The van der Waals surface area contributed by atoms with Gasteiger partial charge in [-0.15, -0.1) is 0 Å². The first-order chi connectivity index (χ1) is 13.0. The van der Waals surface area contributed by atoms with Crippen LogP contribution in [-0.4, -0.2) is 26.6 Å². The molecule has 9 heteroatoms. The summed E-state index contributed by atoms with van der Waals surface area (Å²) in [5.41, 5.74) is 0.943. The Morgan fingerprint density at radius 2 is 1.75 bits per heavy atom. The van der Waals surface area contributed by atoms with Gasteiger partial charge in [0.25, 0.3) is 0 Å². The van der Waals surface area contributed by atoms with Crippen molar-refractivity contribution < 1.29 is 17.6 Å². The highest BCUT2D eigenvalue weighted by Crippen LogP contribution is 2.30. The van der Waals surface area contributed by atoms with Crippen LogP contribution in [0.4, 0.5) is 10.1 Å². The topological polar surface area (TPSA) is 66.5 Å². The Labute approximate surface area is 174 Å². The predicted molar refractivity (Wildman–Crippen MR) is 111 cm³/mol. The van der Waals surface area contributed by atoms with E-state index in [1.807, 2.05) is 0 Å². The molecule has 2 unspecified atom stereocenters. The second kappa shape index (κ2) is 9.11. The molecule has 2 rings (SSSR count). The van der Waals surface area contributed by atoms with Crippen molar-refractivity contribution >= 4 is 44.8 Å². The molecule has 0 aliphatic rings. The minimum Gasteiger partial charge on any atom is -0.348 e. The number of anilines is 1. The molecule has 0 bridgehead atoms. The van der Waals surface area contributed by atoms with Crippen LogP contribution in [0.15, 0.2) is 42.5 Å². The van der Waals surface area contributed by atoms with Crippen LogP contribution in [0.2, 0.25) is 10.0 Å². The standard InChI is InChI=1S/C19H21Cl2FN2O3S/c1-4-18(19(25)23-12(2)13-5-7-14(22)8-6-13)24(28(3,26)27)15-9-10-16(20)17(21)11-15/h5-12,18H,4H2,1-3H3,(H,23,25). The molecule has 152 valence electrons. The van der Waals surface area contributed by atoms with E-state index in [1.165, 1.54) is 30.3 Å². The minimum absolute atomic E-state index is 0.183. The lowest BCUT2D eigenvalue weighted by atomic mass is 10.1. The Bertz CT molecular complexity index is 952. The summed E-state index contributed by atoms with van der Waals surface area (Å²) < 4.78 is 39.0. The highest BCUT2D eigenvalue weighted by atomic mass is 35.5. The monoisotopic (exact) mass is 446 g/mol. The third kappa shape index (κ3) is 5.37. The summed E-state index contributed by atoms with van der Waals surface area (Å²) in [6.07, 6.45) is 1.25. The van der Waals surface area contributed by atoms with Crippen LogP contribution in [0, 0.1) is 5.82 Å². The molecule has 2 aromatic rings. The van der Waals surface area contributed by atoms with E-state index in [0.29, 0.717) is 5.56 Å². The summed E-state index contributed by atoms with van der Waals surface area (Å²) in [5, 5.41) is 3.25. The van der Waals surface area contributed by atoms with Crippen LogP contribution >= 0.6 is 23.2 Å². The number of hydrogen-bond donors (Lipinski definition) is 1. The summed E-state index contributed by atoms with van der Waals surface area (Å²) in [6.45, 7) is 3.45. The van der Waals surface area contributed by atoms with Crippen molar-refractivity contribution in [1.82, 2.24) is 5.32 Å². The normalized spacial score (nSPS) is 13.6. The van der Waals surface area contributed by atoms with Gasteiger partial charge < -0.3 is 5.32 Å². The number of nitrogens with one attached hydrogen (secondary N) is 1. The third-order valence-corrected chi connectivity index (χ3v) is 6.14. The summed E-state index contributed by atoms with van der Waals surface area (Å²) in [5.74, 6) is -0.854. The maximum absolute atomic E-state index is 13.1. The van der Waals surface area contributed by atoms with E-state index < -0.39 is 28.0 Å². The molecule has 0 fully saturated rings. The fourth-order valence-corrected chi connectivity index (χ4v) is 4.32. The molecule has 5 nitrogen and oxygen atoms in total. The SMILES string of the molecule is CCC(C(=O)NC(C)c1ccc(F)cc1)N(c1ccc(Cl)c(Cl)c1)S(C)(=O)=O. The summed E-state index contributed by atoms with van der Waals surface area (Å²) in [7, 11) is -3.79. The summed E-state index contributed by atoms with van der Waals surface area (Å²) >= 11 is 11.9. The van der Waals surface area contributed by atoms with Crippen molar-refractivity contribution in [3.05, 3.63) is 63.9 Å². The van der Waals surface area contributed by atoms with Crippen LogP contribution in [0.25, 0.3) is 0 Å². The Balaban J connectivity index is 2.33. The molecule has 0 aromatic heterocycles. The Morgan fingerprint density at radius 3 is 2.25 bits per heavy atom. The molecule has 0 aliphatic carbocycles. The molecule has 2 atom stereocenters. The number of halogens is 3. The third-order valence-electron chi connectivity index (χ3n) is 4.22. The van der Waals surface area contributed by atoms with E-state index in [9.17, 15) is 17.6 Å². The molecular weight excluding hydrogens is 426 g/mol. The Hall–Kier alpha value is -1.83. The molecule has 28 heavy (non-hydrogen) atoms. The number of benzene rings is 2. The first-order valence-electron chi connectivity index (χ1n) is 8.55. The lowest BCUT2D eigenvalue weighted by Crippen LogP contribution is -2.49. The van der Waals surface area contributed by atoms with Crippen LogP contribution < -0.4 is 9.62 Å². The van der Waals surface area contributed by atoms with Gasteiger partial charge in [0.2, 0.25) is 15.9 Å². The number of amides is 1. The lowest BCUT2D eigenvalue weighted by molar-refractivity contribution is -0.122. The van der Waals surface area contributed by atoms with Crippen molar-refractivity contribution in [2.45, 2.75) is 32.4 Å². The second-order valence-electron chi connectivity index (χ2n) is 6.36. The first kappa shape index (κ1) is 22.5. The molecule has 0 radical (unpaired) electrons. The fraction of sp³-hybridized carbons (Fsp3) is 0.316. The summed E-state index contributed by atoms with van der Waals surface area (Å²) in [4.78, 5) is 12.9. The molecule has 1 N–H and O–H groups in total. The van der Waals surface area contributed by atoms with Gasteiger partial charge in [0, 0.05) is 0 Å². The van der Waals surface area contributed by atoms with Gasteiger partial charge in [-0.3, -0.25) is 9.10 Å². The van der Waals surface area contributed by atoms with Gasteiger partial charge in [-0.2, -0.15) is 0 Å². The zero-order valence-corrected chi connectivity index (χ0v) is 17.9. The highest BCUT2D eigenvalue weighted by Gasteiger charge is 2.32. The van der Waals surface area contributed by atoms with Gasteiger partial charge in [0.15, 0.2) is 0 Å². The average molecular weight is 447 g/mol. The smallest absolute Gasteiger partial charge is 0.244 e. The quantitative estimate of drug-likeness (QED) is 0.677. The first-order valence-corrected chi connectivity index (χ1v) is 11.1. The number of carbonyl (C=O) groups excluding carboxylic acids is 1. The van der Waals surface area contributed by atoms with Crippen LogP contribution in [-0.2, 0) is 14.8 Å². The maximum atomic E-state index is 13.1. The molecular formula is C19H21Cl2FN2O3S. The molecule has 0 spiro atoms. The molecule has 0 aliphatic heterocycles.